The molecule has 0 saturated heterocycles. The van der Waals surface area contributed by atoms with Crippen molar-refractivity contribution in [2.24, 2.45) is 5.92 Å². The molecule has 0 aliphatic heterocycles. The summed E-state index contributed by atoms with van der Waals surface area (Å²) in [5, 5.41) is 0. The van der Waals surface area contributed by atoms with Crippen molar-refractivity contribution in [3.05, 3.63) is 35.4 Å². The quantitative estimate of drug-likeness (QED) is 0.629. The van der Waals surface area contributed by atoms with Gasteiger partial charge in [0.25, 0.3) is 0 Å². The fraction of sp³-hybridized carbons (Fsp3) is 0.667. The van der Waals surface area contributed by atoms with E-state index >= 15 is 0 Å². The van der Waals surface area contributed by atoms with Gasteiger partial charge in [0.05, 0.1) is 0 Å². The summed E-state index contributed by atoms with van der Waals surface area (Å²) in [6, 6.07) is 9.69. The normalized spacial score (nSPS) is 29.6. The van der Waals surface area contributed by atoms with Gasteiger partial charge in [-0.3, -0.25) is 0 Å². The maximum absolute atomic E-state index is 2.42. The minimum atomic E-state index is 0.846. The third kappa shape index (κ3) is 2.63. The van der Waals surface area contributed by atoms with Gasteiger partial charge in [-0.2, -0.15) is 0 Å². The third-order valence-electron chi connectivity index (χ3n) is 5.25. The van der Waals surface area contributed by atoms with Crippen LogP contribution in [0.15, 0.2) is 24.3 Å². The first kappa shape index (κ1) is 12.3. The van der Waals surface area contributed by atoms with E-state index in [1.165, 1.54) is 51.4 Å². The van der Waals surface area contributed by atoms with Crippen molar-refractivity contribution in [2.45, 2.75) is 70.1 Å². The van der Waals surface area contributed by atoms with Gasteiger partial charge < -0.3 is 0 Å². The van der Waals surface area contributed by atoms with Crippen LogP contribution in [0, 0.1) is 5.92 Å². The van der Waals surface area contributed by atoms with Crippen LogP contribution in [0.5, 0.6) is 0 Å². The second-order valence-corrected chi connectivity index (χ2v) is 6.60. The molecule has 1 aromatic rings. The highest BCUT2D eigenvalue weighted by Gasteiger charge is 2.21. The van der Waals surface area contributed by atoms with Gasteiger partial charge in [-0.1, -0.05) is 56.9 Å². The van der Waals surface area contributed by atoms with Crippen molar-refractivity contribution in [3.8, 4) is 0 Å². The van der Waals surface area contributed by atoms with E-state index in [1.54, 1.807) is 11.1 Å². The second-order valence-electron chi connectivity index (χ2n) is 6.60. The highest BCUT2D eigenvalue weighted by molar-refractivity contribution is 5.28. The van der Waals surface area contributed by atoms with Crippen LogP contribution < -0.4 is 0 Å². The van der Waals surface area contributed by atoms with E-state index in [-0.39, 0.29) is 0 Å². The molecule has 0 amide bonds. The van der Waals surface area contributed by atoms with Gasteiger partial charge in [-0.25, -0.2) is 0 Å². The van der Waals surface area contributed by atoms with E-state index in [0.717, 1.165) is 17.8 Å². The molecule has 2 aliphatic rings. The average molecular weight is 242 g/mol. The molecule has 0 unspecified atom stereocenters. The molecule has 0 nitrogen and oxygen atoms in total. The summed E-state index contributed by atoms with van der Waals surface area (Å²) >= 11 is 0. The van der Waals surface area contributed by atoms with Crippen molar-refractivity contribution in [1.82, 2.24) is 0 Å². The summed E-state index contributed by atoms with van der Waals surface area (Å²) in [6.45, 7) is 2.40. The zero-order valence-corrected chi connectivity index (χ0v) is 11.7. The van der Waals surface area contributed by atoms with Crippen LogP contribution >= 0.6 is 0 Å². The molecule has 1 aromatic carbocycles. The minimum absolute atomic E-state index is 0.846. The number of hydrogen-bond donors (Lipinski definition) is 0. The van der Waals surface area contributed by atoms with E-state index in [4.69, 9.17) is 0 Å². The Morgan fingerprint density at radius 1 is 0.667 bits per heavy atom. The lowest BCUT2D eigenvalue weighted by Crippen LogP contribution is -2.10. The van der Waals surface area contributed by atoms with Gasteiger partial charge in [-0.15, -0.1) is 0 Å². The molecule has 2 fully saturated rings. The first-order valence-corrected chi connectivity index (χ1v) is 7.93. The number of rotatable bonds is 2. The molecular formula is C18H26. The van der Waals surface area contributed by atoms with Crippen molar-refractivity contribution in [2.75, 3.05) is 0 Å². The van der Waals surface area contributed by atoms with E-state index in [0.29, 0.717) is 0 Å². The zero-order valence-electron chi connectivity index (χ0n) is 11.7. The largest absolute Gasteiger partial charge is 0.0625 e. The van der Waals surface area contributed by atoms with Crippen LogP contribution in [-0.4, -0.2) is 0 Å². The van der Waals surface area contributed by atoms with Crippen molar-refractivity contribution >= 4 is 0 Å². The maximum Gasteiger partial charge on any atom is -0.0162 e. The van der Waals surface area contributed by atoms with E-state index in [1.807, 2.05) is 0 Å². The molecule has 3 rings (SSSR count). The Balaban J connectivity index is 1.67. The molecule has 2 saturated carbocycles. The molecule has 0 atom stereocenters. The Bertz CT molecular complexity index is 362. The van der Waals surface area contributed by atoms with Crippen molar-refractivity contribution < 1.29 is 0 Å². The summed E-state index contributed by atoms with van der Waals surface area (Å²) in [6.07, 6.45) is 11.4. The van der Waals surface area contributed by atoms with E-state index in [9.17, 15) is 0 Å². The Hall–Kier alpha value is -0.780. The van der Waals surface area contributed by atoms with Gasteiger partial charge in [0, 0.05) is 0 Å². The summed E-state index contributed by atoms with van der Waals surface area (Å²) in [7, 11) is 0. The van der Waals surface area contributed by atoms with Crippen LogP contribution in [0.25, 0.3) is 0 Å². The standard InChI is InChI=1S/C18H26/c1-14-6-8-16(9-7-14)18-12-10-17(11-13-18)15-4-2-3-5-15/h10-16H,2-9H2,1H3. The Labute approximate surface area is 112 Å². The lowest BCUT2D eigenvalue weighted by molar-refractivity contribution is 0.348. The lowest BCUT2D eigenvalue weighted by atomic mass is 9.79. The predicted octanol–water partition coefficient (Wildman–Crippen LogP) is 5.64. The van der Waals surface area contributed by atoms with E-state index < -0.39 is 0 Å². The molecule has 0 heteroatoms. The summed E-state index contributed by atoms with van der Waals surface area (Å²) in [4.78, 5) is 0. The zero-order chi connectivity index (χ0) is 12.4. The first-order valence-electron chi connectivity index (χ1n) is 7.93. The Morgan fingerprint density at radius 3 is 1.61 bits per heavy atom. The first-order chi connectivity index (χ1) is 8.83. The van der Waals surface area contributed by atoms with Crippen molar-refractivity contribution in [3.63, 3.8) is 0 Å². The van der Waals surface area contributed by atoms with Gasteiger partial charge in [0.2, 0.25) is 0 Å². The predicted molar refractivity (Wildman–Crippen MR) is 78.0 cm³/mol. The number of benzene rings is 1. The summed E-state index contributed by atoms with van der Waals surface area (Å²) in [5.41, 5.74) is 3.20. The molecular weight excluding hydrogens is 216 g/mol. The molecule has 0 aromatic heterocycles. The van der Waals surface area contributed by atoms with Gasteiger partial charge in [-0.05, 0) is 54.6 Å². The van der Waals surface area contributed by atoms with Crippen LogP contribution in [0.3, 0.4) is 0 Å². The SMILES string of the molecule is CC1CCC(c2ccc(C3CCCC3)cc2)CC1. The van der Waals surface area contributed by atoms with Gasteiger partial charge >= 0.3 is 0 Å². The van der Waals surface area contributed by atoms with E-state index in [2.05, 4.69) is 31.2 Å². The molecule has 2 aliphatic carbocycles. The fourth-order valence-electron chi connectivity index (χ4n) is 3.89. The summed E-state index contributed by atoms with van der Waals surface area (Å²) in [5.74, 6) is 2.67. The highest BCUT2D eigenvalue weighted by atomic mass is 14.3. The Kier molecular flexibility index (Phi) is 3.72. The van der Waals surface area contributed by atoms with Crippen LogP contribution in [0.2, 0.25) is 0 Å². The van der Waals surface area contributed by atoms with Crippen molar-refractivity contribution in [1.29, 1.82) is 0 Å². The molecule has 0 bridgehead atoms. The average Bonchev–Trinajstić information content (AvgIpc) is 2.94. The fourth-order valence-corrected chi connectivity index (χ4v) is 3.89. The molecule has 98 valence electrons. The van der Waals surface area contributed by atoms with Gasteiger partial charge in [0.1, 0.15) is 0 Å². The molecule has 0 radical (unpaired) electrons. The van der Waals surface area contributed by atoms with Crippen LogP contribution in [-0.2, 0) is 0 Å². The monoisotopic (exact) mass is 242 g/mol. The molecule has 0 spiro atoms. The molecule has 0 heterocycles. The maximum atomic E-state index is 2.42. The molecule has 0 N–H and O–H groups in total. The number of hydrogen-bond acceptors (Lipinski definition) is 0. The third-order valence-corrected chi connectivity index (χ3v) is 5.25. The van der Waals surface area contributed by atoms with Crippen LogP contribution in [0.4, 0.5) is 0 Å². The Morgan fingerprint density at radius 2 is 1.11 bits per heavy atom. The second kappa shape index (κ2) is 5.47. The minimum Gasteiger partial charge on any atom is -0.0625 e. The lowest BCUT2D eigenvalue weighted by Gasteiger charge is -2.26. The van der Waals surface area contributed by atoms with Gasteiger partial charge in [0.15, 0.2) is 0 Å². The molecule has 18 heavy (non-hydrogen) atoms. The van der Waals surface area contributed by atoms with Crippen LogP contribution in [0.1, 0.15) is 81.3 Å². The highest BCUT2D eigenvalue weighted by Crippen LogP contribution is 2.37. The smallest absolute Gasteiger partial charge is 0.0162 e. The summed E-state index contributed by atoms with van der Waals surface area (Å²) < 4.78 is 0. The topological polar surface area (TPSA) is 0 Å².